The number of pyridine rings is 1. The van der Waals surface area contributed by atoms with Gasteiger partial charge in [-0.2, -0.15) is 4.98 Å². The Bertz CT molecular complexity index is 756. The van der Waals surface area contributed by atoms with Crippen LogP contribution in [0.5, 0.6) is 0 Å². The third-order valence-electron chi connectivity index (χ3n) is 3.12. The molecule has 0 aliphatic heterocycles. The van der Waals surface area contributed by atoms with E-state index in [0.29, 0.717) is 17.3 Å². The lowest BCUT2D eigenvalue weighted by atomic mass is 10.2. The number of carbonyl (C=O) groups excluding carboxylic acids is 1. The van der Waals surface area contributed by atoms with Gasteiger partial charge in [-0.15, -0.1) is 0 Å². The highest BCUT2D eigenvalue weighted by Gasteiger charge is 2.18. The highest BCUT2D eigenvalue weighted by atomic mass is 16.5. The molecule has 0 radical (unpaired) electrons. The van der Waals surface area contributed by atoms with Crippen molar-refractivity contribution in [3.8, 4) is 11.4 Å². The molecule has 110 valence electrons. The number of amides is 1. The topological polar surface area (TPSA) is 80.9 Å². The van der Waals surface area contributed by atoms with Crippen molar-refractivity contribution in [1.82, 2.24) is 20.4 Å². The summed E-state index contributed by atoms with van der Waals surface area (Å²) in [5.74, 6) is 0.620. The summed E-state index contributed by atoms with van der Waals surface area (Å²) in [4.78, 5) is 20.3. The molecular formula is C16H14N4O2. The summed E-state index contributed by atoms with van der Waals surface area (Å²) in [6.45, 7) is 1.79. The molecule has 1 amide bonds. The first-order chi connectivity index (χ1) is 10.7. The van der Waals surface area contributed by atoms with Crippen LogP contribution in [-0.4, -0.2) is 21.0 Å². The van der Waals surface area contributed by atoms with Crippen molar-refractivity contribution in [1.29, 1.82) is 0 Å². The average Bonchev–Trinajstić information content (AvgIpc) is 3.06. The second-order valence-corrected chi connectivity index (χ2v) is 4.76. The summed E-state index contributed by atoms with van der Waals surface area (Å²) in [6.07, 6.45) is 3.12. The summed E-state index contributed by atoms with van der Waals surface area (Å²) in [5, 5.41) is 6.74. The van der Waals surface area contributed by atoms with E-state index in [9.17, 15) is 4.79 Å². The fourth-order valence-electron chi connectivity index (χ4n) is 1.95. The summed E-state index contributed by atoms with van der Waals surface area (Å²) in [6, 6.07) is 12.5. The normalized spacial score (nSPS) is 11.9. The fraction of sp³-hybridized carbons (Fsp3) is 0.125. The molecule has 0 unspecified atom stereocenters. The Hall–Kier alpha value is -3.02. The van der Waals surface area contributed by atoms with E-state index >= 15 is 0 Å². The lowest BCUT2D eigenvalue weighted by Gasteiger charge is -2.09. The van der Waals surface area contributed by atoms with Crippen molar-refractivity contribution in [3.05, 3.63) is 66.3 Å². The van der Waals surface area contributed by atoms with Crippen LogP contribution in [0.2, 0.25) is 0 Å². The molecule has 1 N–H and O–H groups in total. The van der Waals surface area contributed by atoms with Crippen LogP contribution < -0.4 is 5.32 Å². The number of benzene rings is 1. The Morgan fingerprint density at radius 1 is 1.18 bits per heavy atom. The van der Waals surface area contributed by atoms with E-state index in [-0.39, 0.29) is 5.91 Å². The van der Waals surface area contributed by atoms with Crippen LogP contribution in [-0.2, 0) is 0 Å². The summed E-state index contributed by atoms with van der Waals surface area (Å²) in [5.41, 5.74) is 1.35. The Kier molecular flexibility index (Phi) is 3.91. The second kappa shape index (κ2) is 6.17. The zero-order valence-corrected chi connectivity index (χ0v) is 11.9. The zero-order chi connectivity index (χ0) is 15.4. The molecule has 0 fully saturated rings. The quantitative estimate of drug-likeness (QED) is 0.800. The molecule has 0 saturated carbocycles. The standard InChI is InChI=1S/C16H14N4O2/c1-11(18-15(21)13-8-5-9-17-10-13)16-19-14(20-22-16)12-6-3-2-4-7-12/h2-11H,1H3,(H,18,21)/t11-/m1/s1. The highest BCUT2D eigenvalue weighted by molar-refractivity contribution is 5.93. The minimum absolute atomic E-state index is 0.236. The molecule has 3 rings (SSSR count). The van der Waals surface area contributed by atoms with Crippen LogP contribution in [0.1, 0.15) is 29.2 Å². The molecular weight excluding hydrogens is 280 g/mol. The average molecular weight is 294 g/mol. The maximum absolute atomic E-state index is 12.1. The number of hydrogen-bond donors (Lipinski definition) is 1. The van der Waals surface area contributed by atoms with Crippen LogP contribution in [0, 0.1) is 0 Å². The van der Waals surface area contributed by atoms with E-state index in [4.69, 9.17) is 4.52 Å². The van der Waals surface area contributed by atoms with Gasteiger partial charge in [0, 0.05) is 18.0 Å². The van der Waals surface area contributed by atoms with Crippen molar-refractivity contribution in [2.45, 2.75) is 13.0 Å². The minimum Gasteiger partial charge on any atom is -0.340 e. The monoisotopic (exact) mass is 294 g/mol. The van der Waals surface area contributed by atoms with Crippen molar-refractivity contribution in [2.24, 2.45) is 0 Å². The van der Waals surface area contributed by atoms with E-state index < -0.39 is 6.04 Å². The van der Waals surface area contributed by atoms with Crippen LogP contribution in [0.4, 0.5) is 0 Å². The van der Waals surface area contributed by atoms with Gasteiger partial charge in [0.25, 0.3) is 5.91 Å². The first-order valence-corrected chi connectivity index (χ1v) is 6.84. The first-order valence-electron chi connectivity index (χ1n) is 6.84. The maximum atomic E-state index is 12.1. The van der Waals surface area contributed by atoms with Crippen LogP contribution in [0.15, 0.2) is 59.4 Å². The van der Waals surface area contributed by atoms with E-state index in [0.717, 1.165) is 5.56 Å². The predicted octanol–water partition coefficient (Wildman–Crippen LogP) is 2.62. The molecule has 6 heteroatoms. The molecule has 22 heavy (non-hydrogen) atoms. The van der Waals surface area contributed by atoms with Crippen molar-refractivity contribution < 1.29 is 9.32 Å². The largest absolute Gasteiger partial charge is 0.340 e. The lowest BCUT2D eigenvalue weighted by molar-refractivity contribution is 0.0932. The van der Waals surface area contributed by atoms with Crippen molar-refractivity contribution >= 4 is 5.91 Å². The lowest BCUT2D eigenvalue weighted by Crippen LogP contribution is -2.26. The van der Waals surface area contributed by atoms with Crippen molar-refractivity contribution in [2.75, 3.05) is 0 Å². The number of nitrogens with zero attached hydrogens (tertiary/aromatic N) is 3. The number of aromatic nitrogens is 3. The molecule has 0 bridgehead atoms. The molecule has 3 aromatic rings. The van der Waals surface area contributed by atoms with Crippen LogP contribution in [0.3, 0.4) is 0 Å². The SMILES string of the molecule is C[C@@H](NC(=O)c1cccnc1)c1nc(-c2ccccc2)no1. The maximum Gasteiger partial charge on any atom is 0.253 e. The number of rotatable bonds is 4. The van der Waals surface area contributed by atoms with Gasteiger partial charge >= 0.3 is 0 Å². The van der Waals surface area contributed by atoms with Gasteiger partial charge in [-0.3, -0.25) is 9.78 Å². The van der Waals surface area contributed by atoms with E-state index in [2.05, 4.69) is 20.4 Å². The van der Waals surface area contributed by atoms with E-state index in [1.165, 1.54) is 6.20 Å². The summed E-state index contributed by atoms with van der Waals surface area (Å²) >= 11 is 0. The number of hydrogen-bond acceptors (Lipinski definition) is 5. The van der Waals surface area contributed by atoms with E-state index in [1.807, 2.05) is 30.3 Å². The molecule has 2 aromatic heterocycles. The molecule has 2 heterocycles. The van der Waals surface area contributed by atoms with Gasteiger partial charge in [0.2, 0.25) is 11.7 Å². The molecule has 0 spiro atoms. The van der Waals surface area contributed by atoms with Gasteiger partial charge in [0.1, 0.15) is 6.04 Å². The van der Waals surface area contributed by atoms with E-state index in [1.54, 1.807) is 25.3 Å². The van der Waals surface area contributed by atoms with Gasteiger partial charge in [0.15, 0.2) is 0 Å². The second-order valence-electron chi connectivity index (χ2n) is 4.76. The van der Waals surface area contributed by atoms with Gasteiger partial charge < -0.3 is 9.84 Å². The smallest absolute Gasteiger partial charge is 0.253 e. The van der Waals surface area contributed by atoms with Gasteiger partial charge in [0.05, 0.1) is 5.56 Å². The molecule has 1 atom stereocenters. The zero-order valence-electron chi connectivity index (χ0n) is 11.9. The Labute approximate surface area is 127 Å². The van der Waals surface area contributed by atoms with Gasteiger partial charge in [-0.1, -0.05) is 35.5 Å². The first kappa shape index (κ1) is 13.9. The fourth-order valence-corrected chi connectivity index (χ4v) is 1.95. The Morgan fingerprint density at radius 2 is 2.00 bits per heavy atom. The summed E-state index contributed by atoms with van der Waals surface area (Å²) < 4.78 is 5.23. The molecule has 0 aliphatic carbocycles. The Balaban J connectivity index is 1.72. The summed E-state index contributed by atoms with van der Waals surface area (Å²) in [7, 11) is 0. The van der Waals surface area contributed by atoms with Crippen LogP contribution >= 0.6 is 0 Å². The van der Waals surface area contributed by atoms with Gasteiger partial charge in [-0.25, -0.2) is 0 Å². The molecule has 0 saturated heterocycles. The Morgan fingerprint density at radius 3 is 2.73 bits per heavy atom. The molecule has 6 nitrogen and oxygen atoms in total. The van der Waals surface area contributed by atoms with Crippen molar-refractivity contribution in [3.63, 3.8) is 0 Å². The molecule has 0 aliphatic rings. The number of carbonyl (C=O) groups is 1. The number of nitrogens with one attached hydrogen (secondary N) is 1. The van der Waals surface area contributed by atoms with Gasteiger partial charge in [-0.05, 0) is 19.1 Å². The third-order valence-corrected chi connectivity index (χ3v) is 3.12. The third kappa shape index (κ3) is 3.01. The predicted molar refractivity (Wildman–Crippen MR) is 79.9 cm³/mol. The van der Waals surface area contributed by atoms with Crippen LogP contribution in [0.25, 0.3) is 11.4 Å². The highest BCUT2D eigenvalue weighted by Crippen LogP contribution is 2.18. The molecule has 1 aromatic carbocycles. The minimum atomic E-state index is -0.391.